The molecule has 3 aromatic rings. The van der Waals surface area contributed by atoms with Crippen LogP contribution in [-0.4, -0.2) is 38.8 Å². The van der Waals surface area contributed by atoms with Crippen molar-refractivity contribution in [3.63, 3.8) is 0 Å². The lowest BCUT2D eigenvalue weighted by molar-refractivity contribution is -0.131. The lowest BCUT2D eigenvalue weighted by Crippen LogP contribution is -2.38. The van der Waals surface area contributed by atoms with Gasteiger partial charge in [0.2, 0.25) is 11.9 Å². The van der Waals surface area contributed by atoms with Crippen LogP contribution in [0.1, 0.15) is 35.7 Å². The van der Waals surface area contributed by atoms with Crippen LogP contribution in [0.5, 0.6) is 0 Å². The van der Waals surface area contributed by atoms with Gasteiger partial charge in [-0.2, -0.15) is 0 Å². The summed E-state index contributed by atoms with van der Waals surface area (Å²) in [5.41, 5.74) is 10.7. The van der Waals surface area contributed by atoms with Gasteiger partial charge in [-0.05, 0) is 43.0 Å². The molecule has 1 amide bonds. The summed E-state index contributed by atoms with van der Waals surface area (Å²) in [6, 6.07) is 14.1. The summed E-state index contributed by atoms with van der Waals surface area (Å²) in [4.78, 5) is 27.6. The zero-order chi connectivity index (χ0) is 20.2. The number of nitrogens with two attached hydrogens (primary N) is 1. The fourth-order valence-electron chi connectivity index (χ4n) is 3.86. The van der Waals surface area contributed by atoms with Crippen LogP contribution in [0, 0.1) is 6.92 Å². The van der Waals surface area contributed by atoms with Crippen molar-refractivity contribution in [3.8, 4) is 11.1 Å². The first kappa shape index (κ1) is 19.1. The van der Waals surface area contributed by atoms with E-state index in [1.54, 1.807) is 12.4 Å². The number of hydrogen-bond acceptors (Lipinski definition) is 5. The Hall–Kier alpha value is -3.28. The summed E-state index contributed by atoms with van der Waals surface area (Å²) in [6.45, 7) is 3.54. The van der Waals surface area contributed by atoms with E-state index in [4.69, 9.17) is 10.7 Å². The molecule has 2 N–H and O–H groups in total. The summed E-state index contributed by atoms with van der Waals surface area (Å²) in [6.07, 6.45) is 5.80. The van der Waals surface area contributed by atoms with E-state index in [-0.39, 0.29) is 11.9 Å². The summed E-state index contributed by atoms with van der Waals surface area (Å²) < 4.78 is 0. The molecule has 0 unspecified atom stereocenters. The molecular formula is C23H25N5O. The van der Waals surface area contributed by atoms with E-state index in [1.165, 1.54) is 0 Å². The molecule has 0 spiro atoms. The highest BCUT2D eigenvalue weighted by molar-refractivity contribution is 5.78. The second-order valence-corrected chi connectivity index (χ2v) is 7.57. The number of hydrogen-bond donors (Lipinski definition) is 1. The first-order valence-electron chi connectivity index (χ1n) is 9.96. The smallest absolute Gasteiger partial charge is 0.226 e. The van der Waals surface area contributed by atoms with Gasteiger partial charge in [-0.15, -0.1) is 0 Å². The molecule has 1 fully saturated rings. The topological polar surface area (TPSA) is 85.0 Å². The minimum Gasteiger partial charge on any atom is -0.368 e. The number of benzene rings is 1. The van der Waals surface area contributed by atoms with E-state index in [0.717, 1.165) is 54.0 Å². The van der Waals surface area contributed by atoms with Crippen molar-refractivity contribution in [2.75, 3.05) is 18.8 Å². The minimum atomic E-state index is 0.201. The Bertz CT molecular complexity index is 980. The predicted molar refractivity (Wildman–Crippen MR) is 113 cm³/mol. The Morgan fingerprint density at radius 3 is 2.45 bits per heavy atom. The normalized spacial score (nSPS) is 14.7. The van der Waals surface area contributed by atoms with Crippen LogP contribution in [0.2, 0.25) is 0 Å². The van der Waals surface area contributed by atoms with Crippen molar-refractivity contribution in [2.45, 2.75) is 32.1 Å². The maximum atomic E-state index is 12.6. The number of piperidine rings is 1. The number of pyridine rings is 1. The second kappa shape index (κ2) is 8.39. The van der Waals surface area contributed by atoms with Crippen molar-refractivity contribution in [3.05, 3.63) is 71.8 Å². The molecule has 29 heavy (non-hydrogen) atoms. The van der Waals surface area contributed by atoms with E-state index in [1.807, 2.05) is 48.2 Å². The van der Waals surface area contributed by atoms with Crippen LogP contribution in [-0.2, 0) is 11.2 Å². The number of rotatable bonds is 4. The zero-order valence-electron chi connectivity index (χ0n) is 16.6. The molecule has 1 aliphatic heterocycles. The second-order valence-electron chi connectivity index (χ2n) is 7.57. The molecule has 1 aromatic carbocycles. The van der Waals surface area contributed by atoms with E-state index >= 15 is 0 Å². The molecule has 3 heterocycles. The number of nitrogens with zero attached hydrogens (tertiary/aromatic N) is 4. The summed E-state index contributed by atoms with van der Waals surface area (Å²) in [5.74, 6) is 0.822. The average molecular weight is 387 g/mol. The number of likely N-dealkylation sites (tertiary alicyclic amines) is 1. The van der Waals surface area contributed by atoms with Gasteiger partial charge in [0.1, 0.15) is 0 Å². The lowest BCUT2D eigenvalue weighted by atomic mass is 9.91. The van der Waals surface area contributed by atoms with Gasteiger partial charge in [-0.3, -0.25) is 9.78 Å². The molecular weight excluding hydrogens is 362 g/mol. The third-order valence-electron chi connectivity index (χ3n) is 5.44. The molecule has 4 rings (SSSR count). The van der Waals surface area contributed by atoms with Crippen molar-refractivity contribution in [1.29, 1.82) is 0 Å². The predicted octanol–water partition coefficient (Wildman–Crippen LogP) is 3.38. The van der Waals surface area contributed by atoms with Crippen LogP contribution in [0.25, 0.3) is 11.1 Å². The quantitative estimate of drug-likeness (QED) is 0.742. The number of nitrogen functional groups attached to an aromatic ring is 1. The van der Waals surface area contributed by atoms with Gasteiger partial charge in [-0.1, -0.05) is 30.3 Å². The van der Waals surface area contributed by atoms with Gasteiger partial charge >= 0.3 is 0 Å². The highest BCUT2D eigenvalue weighted by atomic mass is 16.2. The van der Waals surface area contributed by atoms with Crippen molar-refractivity contribution >= 4 is 11.9 Å². The third-order valence-corrected chi connectivity index (χ3v) is 5.44. The molecule has 2 aromatic heterocycles. The van der Waals surface area contributed by atoms with Gasteiger partial charge in [0.15, 0.2) is 0 Å². The summed E-state index contributed by atoms with van der Waals surface area (Å²) in [7, 11) is 0. The molecule has 0 saturated carbocycles. The maximum absolute atomic E-state index is 12.6. The van der Waals surface area contributed by atoms with Gasteiger partial charge in [-0.25, -0.2) is 9.97 Å². The standard InChI is InChI=1S/C23H25N5O/c1-16-11-19(20-14-25-23(24)26-15-20)13-21(27-16)18-7-9-28(10-8-18)22(29)12-17-5-3-2-4-6-17/h2-6,11,13-15,18H,7-10,12H2,1H3,(H2,24,25,26). The van der Waals surface area contributed by atoms with Crippen LogP contribution >= 0.6 is 0 Å². The molecule has 6 heteroatoms. The Kier molecular flexibility index (Phi) is 5.51. The molecule has 1 saturated heterocycles. The van der Waals surface area contributed by atoms with Gasteiger partial charge < -0.3 is 10.6 Å². The van der Waals surface area contributed by atoms with Crippen molar-refractivity contribution < 1.29 is 4.79 Å². The number of anilines is 1. The third kappa shape index (κ3) is 4.59. The van der Waals surface area contributed by atoms with Crippen molar-refractivity contribution in [1.82, 2.24) is 19.9 Å². The summed E-state index contributed by atoms with van der Waals surface area (Å²) in [5, 5.41) is 0. The largest absolute Gasteiger partial charge is 0.368 e. The maximum Gasteiger partial charge on any atom is 0.226 e. The highest BCUT2D eigenvalue weighted by Crippen LogP contribution is 2.30. The number of carbonyl (C=O) groups excluding carboxylic acids is 1. The lowest BCUT2D eigenvalue weighted by Gasteiger charge is -2.32. The van der Waals surface area contributed by atoms with Crippen molar-refractivity contribution in [2.24, 2.45) is 0 Å². The first-order chi connectivity index (χ1) is 14.1. The number of amides is 1. The number of aryl methyl sites for hydroxylation is 1. The number of carbonyl (C=O) groups is 1. The minimum absolute atomic E-state index is 0.201. The first-order valence-corrected chi connectivity index (χ1v) is 9.96. The molecule has 0 radical (unpaired) electrons. The van der Waals surface area contributed by atoms with E-state index < -0.39 is 0 Å². The Morgan fingerprint density at radius 1 is 1.07 bits per heavy atom. The van der Waals surface area contributed by atoms with E-state index in [0.29, 0.717) is 12.3 Å². The fraction of sp³-hybridized carbons (Fsp3) is 0.304. The highest BCUT2D eigenvalue weighted by Gasteiger charge is 2.25. The van der Waals surface area contributed by atoms with Crippen LogP contribution < -0.4 is 5.73 Å². The Labute approximate surface area is 170 Å². The molecule has 148 valence electrons. The van der Waals surface area contributed by atoms with Crippen LogP contribution in [0.4, 0.5) is 5.95 Å². The summed E-state index contributed by atoms with van der Waals surface area (Å²) >= 11 is 0. The SMILES string of the molecule is Cc1cc(-c2cnc(N)nc2)cc(C2CCN(C(=O)Cc3ccccc3)CC2)n1. The Balaban J connectivity index is 1.43. The van der Waals surface area contributed by atoms with Crippen LogP contribution in [0.3, 0.4) is 0 Å². The number of aromatic nitrogens is 3. The van der Waals surface area contributed by atoms with E-state index in [9.17, 15) is 4.79 Å². The fourth-order valence-corrected chi connectivity index (χ4v) is 3.86. The molecule has 0 atom stereocenters. The zero-order valence-corrected chi connectivity index (χ0v) is 16.6. The molecule has 6 nitrogen and oxygen atoms in total. The molecule has 1 aliphatic rings. The molecule has 0 aliphatic carbocycles. The van der Waals surface area contributed by atoms with Gasteiger partial charge in [0.05, 0.1) is 6.42 Å². The molecule has 0 bridgehead atoms. The van der Waals surface area contributed by atoms with Gasteiger partial charge in [0, 0.05) is 48.4 Å². The van der Waals surface area contributed by atoms with E-state index in [2.05, 4.69) is 16.0 Å². The monoisotopic (exact) mass is 387 g/mol. The van der Waals surface area contributed by atoms with Crippen LogP contribution in [0.15, 0.2) is 54.9 Å². The van der Waals surface area contributed by atoms with Gasteiger partial charge in [0.25, 0.3) is 0 Å². The average Bonchev–Trinajstić information content (AvgIpc) is 2.74. The Morgan fingerprint density at radius 2 is 1.76 bits per heavy atom.